The van der Waals surface area contributed by atoms with Gasteiger partial charge in [0.2, 0.25) is 0 Å². The summed E-state index contributed by atoms with van der Waals surface area (Å²) in [4.78, 5) is 19.2. The Morgan fingerprint density at radius 2 is 2.04 bits per heavy atom. The van der Waals surface area contributed by atoms with Gasteiger partial charge in [-0.25, -0.2) is 9.37 Å². The van der Waals surface area contributed by atoms with Gasteiger partial charge >= 0.3 is 0 Å². The minimum atomic E-state index is -0.628. The van der Waals surface area contributed by atoms with Crippen molar-refractivity contribution in [3.05, 3.63) is 60.4 Å². The maximum Gasteiger partial charge on any atom is 0.262 e. The number of hydrogen-bond donors (Lipinski definition) is 0. The van der Waals surface area contributed by atoms with E-state index in [0.717, 1.165) is 16.0 Å². The summed E-state index contributed by atoms with van der Waals surface area (Å²) in [6, 6.07) is 5.18. The SMILES string of the molecule is Cc1sc2nc(Cc3ccc(Cl)cc3Cl)n(CCF)c(=O)c2c1C. The van der Waals surface area contributed by atoms with E-state index in [4.69, 9.17) is 23.2 Å². The lowest BCUT2D eigenvalue weighted by molar-refractivity contribution is 0.433. The van der Waals surface area contributed by atoms with Crippen LogP contribution >= 0.6 is 34.5 Å². The number of halogens is 3. The van der Waals surface area contributed by atoms with Gasteiger partial charge in [-0.1, -0.05) is 29.3 Å². The molecule has 0 fully saturated rings. The molecule has 0 atom stereocenters. The van der Waals surface area contributed by atoms with Crippen LogP contribution in [0, 0.1) is 13.8 Å². The van der Waals surface area contributed by atoms with E-state index in [-0.39, 0.29) is 12.1 Å². The summed E-state index contributed by atoms with van der Waals surface area (Å²) in [7, 11) is 0. The van der Waals surface area contributed by atoms with Gasteiger partial charge in [-0.15, -0.1) is 11.3 Å². The number of thiophene rings is 1. The van der Waals surface area contributed by atoms with Gasteiger partial charge in [0.1, 0.15) is 17.3 Å². The van der Waals surface area contributed by atoms with Crippen molar-refractivity contribution in [3.8, 4) is 0 Å². The molecule has 0 amide bonds. The van der Waals surface area contributed by atoms with E-state index < -0.39 is 6.67 Å². The summed E-state index contributed by atoms with van der Waals surface area (Å²) in [5, 5.41) is 1.62. The summed E-state index contributed by atoms with van der Waals surface area (Å²) in [5.41, 5.74) is 1.51. The third kappa shape index (κ3) is 3.08. The van der Waals surface area contributed by atoms with Gasteiger partial charge in [-0.05, 0) is 37.1 Å². The Balaban J connectivity index is 2.19. The highest BCUT2D eigenvalue weighted by molar-refractivity contribution is 7.18. The summed E-state index contributed by atoms with van der Waals surface area (Å²) in [6.45, 7) is 3.20. The van der Waals surface area contributed by atoms with Crippen molar-refractivity contribution in [1.82, 2.24) is 9.55 Å². The largest absolute Gasteiger partial charge is 0.293 e. The van der Waals surface area contributed by atoms with Crippen LogP contribution in [0.15, 0.2) is 23.0 Å². The minimum absolute atomic E-state index is 0.0172. The summed E-state index contributed by atoms with van der Waals surface area (Å²) < 4.78 is 14.4. The zero-order chi connectivity index (χ0) is 17.4. The fourth-order valence-corrected chi connectivity index (χ4v) is 4.17. The van der Waals surface area contributed by atoms with Crippen molar-refractivity contribution in [1.29, 1.82) is 0 Å². The molecule has 0 aliphatic rings. The molecule has 3 rings (SSSR count). The van der Waals surface area contributed by atoms with Crippen LogP contribution in [0.3, 0.4) is 0 Å². The highest BCUT2D eigenvalue weighted by atomic mass is 35.5. The van der Waals surface area contributed by atoms with Gasteiger partial charge in [-0.2, -0.15) is 0 Å². The molecule has 0 unspecified atom stereocenters. The van der Waals surface area contributed by atoms with Crippen LogP contribution in [0.1, 0.15) is 21.8 Å². The second kappa shape index (κ2) is 6.82. The molecule has 3 aromatic rings. The summed E-state index contributed by atoms with van der Waals surface area (Å²) in [6.07, 6.45) is 0.344. The Hall–Kier alpha value is -1.43. The number of aryl methyl sites for hydroxylation is 2. The molecule has 7 heteroatoms. The van der Waals surface area contributed by atoms with Crippen LogP contribution in [0.25, 0.3) is 10.2 Å². The van der Waals surface area contributed by atoms with Crippen LogP contribution < -0.4 is 5.56 Å². The zero-order valence-electron chi connectivity index (χ0n) is 13.2. The molecule has 0 radical (unpaired) electrons. The number of benzene rings is 1. The third-order valence-corrected chi connectivity index (χ3v) is 5.73. The second-order valence-corrected chi connectivity index (χ2v) is 7.60. The first-order valence-electron chi connectivity index (χ1n) is 7.41. The zero-order valence-corrected chi connectivity index (χ0v) is 15.5. The van der Waals surface area contributed by atoms with Gasteiger partial charge in [0.05, 0.1) is 11.9 Å². The maximum atomic E-state index is 13.0. The minimum Gasteiger partial charge on any atom is -0.293 e. The Morgan fingerprint density at radius 1 is 1.29 bits per heavy atom. The summed E-state index contributed by atoms with van der Waals surface area (Å²) in [5.74, 6) is 0.510. The highest BCUT2D eigenvalue weighted by Gasteiger charge is 2.17. The van der Waals surface area contributed by atoms with Crippen molar-refractivity contribution < 1.29 is 4.39 Å². The molecule has 0 spiro atoms. The van der Waals surface area contributed by atoms with Crippen molar-refractivity contribution in [2.75, 3.05) is 6.67 Å². The standard InChI is InChI=1S/C17H15Cl2FN2OS/c1-9-10(2)24-16-15(9)17(23)22(6-5-20)14(21-16)7-11-3-4-12(18)8-13(11)19/h3-4,8H,5-7H2,1-2H3. The van der Waals surface area contributed by atoms with E-state index in [2.05, 4.69) is 4.98 Å². The van der Waals surface area contributed by atoms with E-state index >= 15 is 0 Å². The number of fused-ring (bicyclic) bond motifs is 1. The van der Waals surface area contributed by atoms with Crippen molar-refractivity contribution in [3.63, 3.8) is 0 Å². The molecule has 126 valence electrons. The van der Waals surface area contributed by atoms with Crippen LogP contribution in [-0.4, -0.2) is 16.2 Å². The molecule has 0 aliphatic heterocycles. The fraction of sp³-hybridized carbons (Fsp3) is 0.294. The number of rotatable bonds is 4. The smallest absolute Gasteiger partial charge is 0.262 e. The van der Waals surface area contributed by atoms with Crippen LogP contribution in [-0.2, 0) is 13.0 Å². The topological polar surface area (TPSA) is 34.9 Å². The number of hydrogen-bond acceptors (Lipinski definition) is 3. The third-order valence-electron chi connectivity index (χ3n) is 4.04. The molecule has 3 nitrogen and oxygen atoms in total. The molecule has 0 saturated heterocycles. The Morgan fingerprint density at radius 3 is 2.71 bits per heavy atom. The molecule has 0 N–H and O–H groups in total. The number of aromatic nitrogens is 2. The molecular formula is C17H15Cl2FN2OS. The van der Waals surface area contributed by atoms with Gasteiger partial charge in [0.15, 0.2) is 0 Å². The van der Waals surface area contributed by atoms with Crippen LogP contribution in [0.5, 0.6) is 0 Å². The molecule has 0 saturated carbocycles. The average molecular weight is 385 g/mol. The Labute approximate surface area is 152 Å². The lowest BCUT2D eigenvalue weighted by Crippen LogP contribution is -2.26. The van der Waals surface area contributed by atoms with E-state index in [1.165, 1.54) is 15.9 Å². The van der Waals surface area contributed by atoms with Gasteiger partial charge in [0, 0.05) is 21.3 Å². The first-order valence-corrected chi connectivity index (χ1v) is 8.99. The van der Waals surface area contributed by atoms with E-state index in [1.54, 1.807) is 18.2 Å². The molecule has 0 bridgehead atoms. The van der Waals surface area contributed by atoms with Crippen molar-refractivity contribution in [2.24, 2.45) is 0 Å². The monoisotopic (exact) mass is 384 g/mol. The predicted molar refractivity (Wildman–Crippen MR) is 98.6 cm³/mol. The predicted octanol–water partition coefficient (Wildman–Crippen LogP) is 4.94. The molecule has 2 heterocycles. The van der Waals surface area contributed by atoms with Crippen LogP contribution in [0.4, 0.5) is 4.39 Å². The van der Waals surface area contributed by atoms with Gasteiger partial charge in [0.25, 0.3) is 5.56 Å². The normalized spacial score (nSPS) is 11.4. The van der Waals surface area contributed by atoms with Gasteiger partial charge in [-0.3, -0.25) is 9.36 Å². The molecule has 24 heavy (non-hydrogen) atoms. The highest BCUT2D eigenvalue weighted by Crippen LogP contribution is 2.28. The second-order valence-electron chi connectivity index (χ2n) is 5.55. The molecule has 1 aromatic carbocycles. The molecule has 2 aromatic heterocycles. The van der Waals surface area contributed by atoms with Gasteiger partial charge < -0.3 is 0 Å². The fourth-order valence-electron chi connectivity index (χ4n) is 2.65. The van der Waals surface area contributed by atoms with Crippen molar-refractivity contribution >= 4 is 44.8 Å². The maximum absolute atomic E-state index is 13.0. The molecule has 0 aliphatic carbocycles. The number of nitrogens with zero attached hydrogens (tertiary/aromatic N) is 2. The van der Waals surface area contributed by atoms with E-state index in [0.29, 0.717) is 32.5 Å². The first kappa shape index (κ1) is 17.4. The lowest BCUT2D eigenvalue weighted by Gasteiger charge is -2.12. The first-order chi connectivity index (χ1) is 11.4. The quantitative estimate of drug-likeness (QED) is 0.638. The van der Waals surface area contributed by atoms with Crippen LogP contribution in [0.2, 0.25) is 10.0 Å². The lowest BCUT2D eigenvalue weighted by atomic mass is 10.1. The average Bonchev–Trinajstić information content (AvgIpc) is 2.81. The Bertz CT molecular complexity index is 981. The van der Waals surface area contributed by atoms with E-state index in [9.17, 15) is 9.18 Å². The molecular weight excluding hydrogens is 370 g/mol. The number of alkyl halides is 1. The van der Waals surface area contributed by atoms with Crippen molar-refractivity contribution in [2.45, 2.75) is 26.8 Å². The van der Waals surface area contributed by atoms with E-state index in [1.807, 2.05) is 13.8 Å². The summed E-state index contributed by atoms with van der Waals surface area (Å²) >= 11 is 13.6. The Kier molecular flexibility index (Phi) is 4.95.